The molecule has 0 radical (unpaired) electrons. The van der Waals surface area contributed by atoms with Gasteiger partial charge in [0, 0.05) is 11.5 Å². The van der Waals surface area contributed by atoms with Gasteiger partial charge in [-0.05, 0) is 39.0 Å². The predicted molar refractivity (Wildman–Crippen MR) is 115 cm³/mol. The number of carbonyl (C=O) groups excluding carboxylic acids is 1. The second-order valence-corrected chi connectivity index (χ2v) is 9.20. The van der Waals surface area contributed by atoms with Gasteiger partial charge < -0.3 is 19.9 Å². The number of halogens is 1. The van der Waals surface area contributed by atoms with E-state index >= 15 is 0 Å². The number of ketones is 1. The minimum atomic E-state index is -0.834. The average Bonchev–Trinajstić information content (AvgIpc) is 2.64. The molecule has 164 valence electrons. The van der Waals surface area contributed by atoms with Gasteiger partial charge in [0.15, 0.2) is 6.20 Å². The maximum atomic E-state index is 13.1. The Labute approximate surface area is 185 Å². The van der Waals surface area contributed by atoms with Crippen LogP contribution in [0.3, 0.4) is 0 Å². The van der Waals surface area contributed by atoms with Gasteiger partial charge in [0.25, 0.3) is 5.78 Å². The number of aromatic hydroxyl groups is 1. The number of pyridine rings is 1. The molecular weight excluding hydrogens is 422 g/mol. The minimum absolute atomic E-state index is 0.00303. The van der Waals surface area contributed by atoms with Gasteiger partial charge >= 0.3 is 5.69 Å². The van der Waals surface area contributed by atoms with Crippen molar-refractivity contribution in [1.82, 2.24) is 0 Å². The summed E-state index contributed by atoms with van der Waals surface area (Å²) in [5.41, 5.74) is -1.83. The molecule has 1 aromatic heterocycles. The van der Waals surface area contributed by atoms with E-state index in [4.69, 9.17) is 26.4 Å². The van der Waals surface area contributed by atoms with Crippen LogP contribution in [0, 0.1) is 22.0 Å². The summed E-state index contributed by atoms with van der Waals surface area (Å²) in [5, 5.41) is 35.8. The normalized spacial score (nSPS) is 12.3. The number of rotatable bonds is 4. The van der Waals surface area contributed by atoms with E-state index in [1.807, 2.05) is 47.6 Å². The highest BCUT2D eigenvalue weighted by Gasteiger charge is 2.31. The second kappa shape index (κ2) is 8.82. The molecule has 9 heteroatoms. The third-order valence-corrected chi connectivity index (χ3v) is 4.15. The van der Waals surface area contributed by atoms with Gasteiger partial charge in [-0.2, -0.15) is 9.99 Å². The molecule has 2 aromatic rings. The molecule has 1 heterocycles. The fraction of sp³-hybridized carbons (Fsp3) is 0.364. The van der Waals surface area contributed by atoms with E-state index in [0.717, 1.165) is 18.3 Å². The van der Waals surface area contributed by atoms with E-state index < -0.39 is 22.5 Å². The van der Waals surface area contributed by atoms with E-state index in [-0.39, 0.29) is 33.5 Å². The van der Waals surface area contributed by atoms with Crippen LogP contribution in [0.1, 0.15) is 63.2 Å². The number of aromatic nitrogens is 1. The summed E-state index contributed by atoms with van der Waals surface area (Å²) in [7, 11) is 0. The Bertz CT molecular complexity index is 1080. The van der Waals surface area contributed by atoms with Crippen molar-refractivity contribution in [3.63, 3.8) is 0 Å². The maximum absolute atomic E-state index is 13.1. The van der Waals surface area contributed by atoms with E-state index in [9.17, 15) is 15.1 Å². The highest BCUT2D eigenvalue weighted by molar-refractivity contribution is 6.32. The zero-order chi connectivity index (χ0) is 23.6. The van der Waals surface area contributed by atoms with Gasteiger partial charge in [0.05, 0.1) is 16.1 Å². The van der Waals surface area contributed by atoms with Crippen molar-refractivity contribution in [3.05, 3.63) is 57.5 Å². The summed E-state index contributed by atoms with van der Waals surface area (Å²) >= 11 is 6.00. The van der Waals surface area contributed by atoms with Crippen LogP contribution in [0.4, 0.5) is 0 Å². The van der Waals surface area contributed by atoms with Crippen LogP contribution in [0.15, 0.2) is 35.6 Å². The lowest BCUT2D eigenvalue weighted by molar-refractivity contribution is -0.607. The van der Waals surface area contributed by atoms with Crippen molar-refractivity contribution in [2.45, 2.75) is 47.1 Å². The quantitative estimate of drug-likeness (QED) is 0.187. The molecule has 31 heavy (non-hydrogen) atoms. The molecule has 0 atom stereocenters. The first-order valence-electron chi connectivity index (χ1n) is 9.38. The molecule has 0 unspecified atom stereocenters. The van der Waals surface area contributed by atoms with Crippen LogP contribution in [0.5, 0.6) is 11.5 Å². The molecule has 2 rings (SSSR count). The monoisotopic (exact) mass is 445 g/mol. The van der Waals surface area contributed by atoms with Gasteiger partial charge in [-0.1, -0.05) is 37.5 Å². The summed E-state index contributed by atoms with van der Waals surface area (Å²) in [6.45, 7) is 10.9. The number of nitriles is 1. The number of nitrogens with zero attached hydrogens (tertiary/aromatic N) is 3. The van der Waals surface area contributed by atoms with E-state index in [2.05, 4.69) is 5.16 Å². The first-order valence-corrected chi connectivity index (χ1v) is 9.76. The summed E-state index contributed by atoms with van der Waals surface area (Å²) in [6, 6.07) is 6.85. The van der Waals surface area contributed by atoms with Crippen LogP contribution in [-0.4, -0.2) is 22.4 Å². The van der Waals surface area contributed by atoms with Crippen molar-refractivity contribution in [2.24, 2.45) is 10.6 Å². The number of oxime groups is 1. The number of benzene rings is 1. The first-order chi connectivity index (χ1) is 14.2. The number of hydrogen-bond donors (Lipinski definition) is 1. The molecule has 0 aliphatic rings. The van der Waals surface area contributed by atoms with Crippen molar-refractivity contribution in [1.29, 1.82) is 5.26 Å². The Morgan fingerprint density at radius 1 is 1.26 bits per heavy atom. The Hall–Kier alpha value is -3.31. The van der Waals surface area contributed by atoms with Gasteiger partial charge in [-0.3, -0.25) is 4.79 Å². The first kappa shape index (κ1) is 24.0. The number of carbonyl (C=O) groups is 1. The second-order valence-electron chi connectivity index (χ2n) is 8.79. The molecule has 0 saturated heterocycles. The molecule has 1 aromatic carbocycles. The zero-order valence-electron chi connectivity index (χ0n) is 18.2. The number of phenols is 1. The number of ether oxygens (including phenoxy) is 1. The van der Waals surface area contributed by atoms with Crippen LogP contribution >= 0.6 is 11.6 Å². The van der Waals surface area contributed by atoms with Gasteiger partial charge in [-0.15, -0.1) is 0 Å². The van der Waals surface area contributed by atoms with E-state index in [1.165, 1.54) is 12.1 Å². The van der Waals surface area contributed by atoms with Gasteiger partial charge in [0.2, 0.25) is 11.6 Å². The molecule has 0 saturated carbocycles. The number of phenolic OH excluding ortho intramolecular Hbond substituents is 1. The van der Waals surface area contributed by atoms with Crippen LogP contribution in [0.2, 0.25) is 5.02 Å². The largest absolute Gasteiger partial charge is 0.618 e. The van der Waals surface area contributed by atoms with Crippen molar-refractivity contribution in [2.75, 3.05) is 0 Å². The molecule has 0 spiro atoms. The molecule has 8 nitrogen and oxygen atoms in total. The standard InChI is InChI=1S/C22H24ClN3O5/c1-21(2,3)20(25-31-22(4,5)6)30-17-8-7-9-26(29)18(17)19(28)14-11-15(23)13(12-24)10-16(14)27/h7-11,27H,1-6H3/b25-20-. The third kappa shape index (κ3) is 5.86. The van der Waals surface area contributed by atoms with Crippen molar-refractivity contribution >= 4 is 23.3 Å². The molecule has 1 N–H and O–H groups in total. The Kier molecular flexibility index (Phi) is 6.82. The third-order valence-electron chi connectivity index (χ3n) is 3.84. The Morgan fingerprint density at radius 2 is 1.90 bits per heavy atom. The predicted octanol–water partition coefficient (Wildman–Crippen LogP) is 4.34. The average molecular weight is 446 g/mol. The fourth-order valence-corrected chi connectivity index (χ4v) is 2.52. The molecule has 0 amide bonds. The zero-order valence-corrected chi connectivity index (χ0v) is 18.9. The van der Waals surface area contributed by atoms with Crippen LogP contribution in [-0.2, 0) is 4.84 Å². The highest BCUT2D eigenvalue weighted by atomic mass is 35.5. The SMILES string of the molecule is CC(C)(C)O/N=C(\Oc1ccc[n+]([O-])c1C(=O)c1cc(Cl)c(C#N)cc1O)C(C)(C)C. The van der Waals surface area contributed by atoms with Crippen LogP contribution < -0.4 is 9.47 Å². The molecule has 0 bridgehead atoms. The summed E-state index contributed by atoms with van der Waals surface area (Å²) in [4.78, 5) is 18.6. The molecular formula is C22H24ClN3O5. The molecule has 0 aliphatic carbocycles. The summed E-state index contributed by atoms with van der Waals surface area (Å²) in [6.07, 6.45) is 1.13. The fourth-order valence-electron chi connectivity index (χ4n) is 2.31. The lowest BCUT2D eigenvalue weighted by Crippen LogP contribution is -2.37. The topological polar surface area (TPSA) is 119 Å². The Balaban J connectivity index is 2.57. The summed E-state index contributed by atoms with van der Waals surface area (Å²) in [5.74, 6) is -1.25. The smallest absolute Gasteiger partial charge is 0.308 e. The van der Waals surface area contributed by atoms with Crippen LogP contribution in [0.25, 0.3) is 0 Å². The Morgan fingerprint density at radius 3 is 2.45 bits per heavy atom. The lowest BCUT2D eigenvalue weighted by atomic mass is 9.96. The van der Waals surface area contributed by atoms with Gasteiger partial charge in [0.1, 0.15) is 17.4 Å². The number of hydrogen-bond acceptors (Lipinski definition) is 7. The minimum Gasteiger partial charge on any atom is -0.618 e. The van der Waals surface area contributed by atoms with E-state index in [1.54, 1.807) is 0 Å². The highest BCUT2D eigenvalue weighted by Crippen LogP contribution is 2.30. The van der Waals surface area contributed by atoms with Crippen molar-refractivity contribution < 1.29 is 24.2 Å². The lowest BCUT2D eigenvalue weighted by Gasteiger charge is -2.23. The van der Waals surface area contributed by atoms with Gasteiger partial charge in [-0.25, -0.2) is 0 Å². The maximum Gasteiger partial charge on any atom is 0.308 e. The molecule has 0 fully saturated rings. The molecule has 0 aliphatic heterocycles. The van der Waals surface area contributed by atoms with Crippen molar-refractivity contribution in [3.8, 4) is 17.6 Å². The summed E-state index contributed by atoms with van der Waals surface area (Å²) < 4.78 is 6.19. The van der Waals surface area contributed by atoms with E-state index in [0.29, 0.717) is 4.73 Å².